The second kappa shape index (κ2) is 18.8. The zero-order valence-electron chi connectivity index (χ0n) is 30.9. The smallest absolute Gasteiger partial charge is 0.338 e. The molecule has 7 rings (SSSR count). The van der Waals surface area contributed by atoms with Crippen LogP contribution in [-0.2, 0) is 28.2 Å². The van der Waals surface area contributed by atoms with Crippen LogP contribution in [0.5, 0.6) is 0 Å². The highest BCUT2D eigenvalue weighted by molar-refractivity contribution is 8.62. The predicted octanol–water partition coefficient (Wildman–Crippen LogP) is 7.91. The third kappa shape index (κ3) is 9.46. The molecule has 0 saturated carbocycles. The minimum atomic E-state index is -3.73. The molecular formula is C46H37O10PS. The Labute approximate surface area is 339 Å². The molecule has 5 atom stereocenters. The van der Waals surface area contributed by atoms with Crippen molar-refractivity contribution in [2.45, 2.75) is 29.9 Å². The van der Waals surface area contributed by atoms with Gasteiger partial charge in [0.1, 0.15) is 12.7 Å². The van der Waals surface area contributed by atoms with Crippen molar-refractivity contribution in [1.29, 1.82) is 0 Å². The summed E-state index contributed by atoms with van der Waals surface area (Å²) in [7, 11) is 0. The quantitative estimate of drug-likeness (QED) is 0.0641. The SMILES string of the molecule is O=C(OC[C@H]1O[C@H](SP(=O)(c2ccccc2)c2ccccc2)[C@@H](OC(=O)c2ccccc2)[C@@H](OC(=O)c2ccccc2)[C@@H]1OC(=O)c1ccccc1)c1ccccc1. The molecule has 6 aromatic carbocycles. The standard InChI is InChI=1S/C46H37O10PS/c47-42(32-19-7-1-8-20-32)52-31-38-39(54-43(48)33-21-9-2-10-22-33)40(55-44(49)34-23-11-3-12-24-34)41(56-45(50)35-25-13-4-14-26-35)46(53-38)58-57(51,36-27-15-5-16-28-36)37-29-17-6-18-30-37/h1-30,38-41,46H,31H2/t38-,39-,40+,41+,46-/m1/s1. The third-order valence-corrected chi connectivity index (χ3v) is 14.8. The Morgan fingerprint density at radius 2 is 0.776 bits per heavy atom. The van der Waals surface area contributed by atoms with Crippen molar-refractivity contribution in [1.82, 2.24) is 0 Å². The van der Waals surface area contributed by atoms with E-state index in [9.17, 15) is 19.2 Å². The first-order chi connectivity index (χ1) is 28.3. The average Bonchev–Trinajstić information content (AvgIpc) is 3.29. The van der Waals surface area contributed by atoms with E-state index in [4.69, 9.17) is 23.7 Å². The highest BCUT2D eigenvalue weighted by Crippen LogP contribution is 2.60. The maximum Gasteiger partial charge on any atom is 0.338 e. The van der Waals surface area contributed by atoms with Crippen molar-refractivity contribution in [3.8, 4) is 0 Å². The molecular weight excluding hydrogens is 776 g/mol. The van der Waals surface area contributed by atoms with Crippen molar-refractivity contribution in [3.05, 3.63) is 204 Å². The average molecular weight is 813 g/mol. The number of ether oxygens (including phenoxy) is 5. The van der Waals surface area contributed by atoms with Gasteiger partial charge in [0.15, 0.2) is 30.1 Å². The summed E-state index contributed by atoms with van der Waals surface area (Å²) in [5.41, 5.74) is -0.611. The summed E-state index contributed by atoms with van der Waals surface area (Å²) in [5, 5.41) is 0.927. The first kappa shape index (κ1) is 40.0. The van der Waals surface area contributed by atoms with E-state index in [-0.39, 0.29) is 22.3 Å². The van der Waals surface area contributed by atoms with Gasteiger partial charge in [-0.2, -0.15) is 0 Å². The molecule has 0 aliphatic carbocycles. The number of benzene rings is 6. The first-order valence-electron chi connectivity index (χ1n) is 18.4. The van der Waals surface area contributed by atoms with E-state index >= 15 is 4.57 Å². The maximum absolute atomic E-state index is 15.6. The Morgan fingerprint density at radius 1 is 0.448 bits per heavy atom. The number of rotatable bonds is 13. The van der Waals surface area contributed by atoms with Crippen LogP contribution in [0.4, 0.5) is 0 Å². The molecule has 292 valence electrons. The summed E-state index contributed by atoms with van der Waals surface area (Å²) < 4.78 is 46.7. The van der Waals surface area contributed by atoms with Gasteiger partial charge in [-0.3, -0.25) is 0 Å². The number of carbonyl (C=O) groups excluding carboxylic acids is 4. The highest BCUT2D eigenvalue weighted by atomic mass is 32.7. The van der Waals surface area contributed by atoms with Gasteiger partial charge in [0.2, 0.25) is 0 Å². The van der Waals surface area contributed by atoms with Gasteiger partial charge in [-0.15, -0.1) is 0 Å². The summed E-state index contributed by atoms with van der Waals surface area (Å²) in [6.07, 6.45) is -9.71. The summed E-state index contributed by atoms with van der Waals surface area (Å²) in [5.74, 6) is -3.15. The lowest BCUT2D eigenvalue weighted by molar-refractivity contribution is -0.207. The van der Waals surface area contributed by atoms with Crippen LogP contribution >= 0.6 is 17.7 Å². The number of esters is 4. The maximum atomic E-state index is 15.6. The molecule has 0 bridgehead atoms. The largest absolute Gasteiger partial charge is 0.459 e. The molecule has 1 saturated heterocycles. The van der Waals surface area contributed by atoms with Crippen molar-refractivity contribution < 1.29 is 47.4 Å². The molecule has 0 aromatic heterocycles. The Kier molecular flexibility index (Phi) is 12.9. The molecule has 1 fully saturated rings. The predicted molar refractivity (Wildman–Crippen MR) is 220 cm³/mol. The number of carbonyl (C=O) groups is 4. The second-order valence-electron chi connectivity index (χ2n) is 13.0. The monoisotopic (exact) mass is 812 g/mol. The Bertz CT molecular complexity index is 2310. The van der Waals surface area contributed by atoms with Gasteiger partial charge >= 0.3 is 23.9 Å². The Hall–Kier alpha value is -6.26. The summed E-state index contributed by atoms with van der Waals surface area (Å²) in [6, 6.07) is 50.2. The lowest BCUT2D eigenvalue weighted by atomic mass is 9.98. The summed E-state index contributed by atoms with van der Waals surface area (Å²) in [6.45, 7) is -0.503. The van der Waals surface area contributed by atoms with Gasteiger partial charge in [-0.25, -0.2) is 19.2 Å². The molecule has 10 nitrogen and oxygen atoms in total. The first-order valence-corrected chi connectivity index (χ1v) is 21.5. The molecule has 0 unspecified atom stereocenters. The molecule has 0 radical (unpaired) electrons. The Balaban J connectivity index is 1.36. The fourth-order valence-corrected chi connectivity index (χ4v) is 11.6. The van der Waals surface area contributed by atoms with E-state index < -0.39 is 66.7 Å². The van der Waals surface area contributed by atoms with Crippen LogP contribution in [-0.4, -0.2) is 60.3 Å². The van der Waals surface area contributed by atoms with Gasteiger partial charge in [0.05, 0.1) is 22.3 Å². The van der Waals surface area contributed by atoms with Crippen LogP contribution < -0.4 is 10.6 Å². The Morgan fingerprint density at radius 3 is 1.17 bits per heavy atom. The molecule has 0 spiro atoms. The van der Waals surface area contributed by atoms with E-state index in [0.29, 0.717) is 10.6 Å². The van der Waals surface area contributed by atoms with Crippen LogP contribution in [0.15, 0.2) is 182 Å². The van der Waals surface area contributed by atoms with Gasteiger partial charge in [0, 0.05) is 10.6 Å². The zero-order chi connectivity index (χ0) is 40.3. The molecule has 0 N–H and O–H groups in total. The molecule has 6 aromatic rings. The fourth-order valence-electron chi connectivity index (χ4n) is 6.28. The van der Waals surface area contributed by atoms with Crippen LogP contribution in [0.2, 0.25) is 0 Å². The minimum Gasteiger partial charge on any atom is -0.459 e. The second-order valence-corrected chi connectivity index (χ2v) is 18.0. The topological polar surface area (TPSA) is 132 Å². The van der Waals surface area contributed by atoms with E-state index in [0.717, 1.165) is 11.4 Å². The molecule has 58 heavy (non-hydrogen) atoms. The molecule has 1 aliphatic rings. The normalized spacial score (nSPS) is 18.9. The van der Waals surface area contributed by atoms with E-state index in [2.05, 4.69) is 0 Å². The van der Waals surface area contributed by atoms with E-state index in [1.807, 2.05) is 0 Å². The minimum absolute atomic E-state index is 0.158. The highest BCUT2D eigenvalue weighted by Gasteiger charge is 2.55. The lowest BCUT2D eigenvalue weighted by Gasteiger charge is -2.45. The van der Waals surface area contributed by atoms with Crippen molar-refractivity contribution in [3.63, 3.8) is 0 Å². The summed E-state index contributed by atoms with van der Waals surface area (Å²) in [4.78, 5) is 55.2. The fraction of sp³-hybridized carbons (Fsp3) is 0.130. The van der Waals surface area contributed by atoms with Gasteiger partial charge in [-0.1, -0.05) is 145 Å². The molecule has 0 amide bonds. The van der Waals surface area contributed by atoms with Crippen LogP contribution in [0.3, 0.4) is 0 Å². The van der Waals surface area contributed by atoms with E-state index in [1.54, 1.807) is 182 Å². The van der Waals surface area contributed by atoms with Crippen molar-refractivity contribution in [2.75, 3.05) is 6.61 Å². The zero-order valence-corrected chi connectivity index (χ0v) is 32.6. The van der Waals surface area contributed by atoms with Crippen LogP contribution in [0.25, 0.3) is 0 Å². The van der Waals surface area contributed by atoms with Gasteiger partial charge in [0.25, 0.3) is 0 Å². The molecule has 1 aliphatic heterocycles. The van der Waals surface area contributed by atoms with Crippen LogP contribution in [0, 0.1) is 0 Å². The van der Waals surface area contributed by atoms with Gasteiger partial charge < -0.3 is 28.2 Å². The third-order valence-electron chi connectivity index (χ3n) is 9.18. The van der Waals surface area contributed by atoms with Gasteiger partial charge in [-0.05, 0) is 48.5 Å². The lowest BCUT2D eigenvalue weighted by Crippen LogP contribution is -2.61. The van der Waals surface area contributed by atoms with Crippen LogP contribution in [0.1, 0.15) is 41.4 Å². The summed E-state index contributed by atoms with van der Waals surface area (Å²) >= 11 is 0.882. The number of hydrogen-bond acceptors (Lipinski definition) is 11. The van der Waals surface area contributed by atoms with E-state index in [1.165, 1.54) is 0 Å². The molecule has 1 heterocycles. The molecule has 12 heteroatoms. The van der Waals surface area contributed by atoms with Crippen molar-refractivity contribution in [2.24, 2.45) is 0 Å². The number of hydrogen-bond donors (Lipinski definition) is 0. The van der Waals surface area contributed by atoms with Crippen molar-refractivity contribution >= 4 is 52.2 Å².